The summed E-state index contributed by atoms with van der Waals surface area (Å²) >= 11 is 0. The van der Waals surface area contributed by atoms with Gasteiger partial charge in [0, 0.05) is 44.7 Å². The lowest BCUT2D eigenvalue weighted by atomic mass is 10.0. The van der Waals surface area contributed by atoms with Gasteiger partial charge in [-0.1, -0.05) is 37.3 Å². The van der Waals surface area contributed by atoms with E-state index in [4.69, 9.17) is 4.74 Å². The van der Waals surface area contributed by atoms with Gasteiger partial charge in [0.25, 0.3) is 0 Å². The molecular weight excluding hydrogens is 479 g/mol. The van der Waals surface area contributed by atoms with E-state index in [1.54, 1.807) is 24.5 Å². The monoisotopic (exact) mass is 518 g/mol. The molecule has 3 aromatic rings. The Morgan fingerprint density at radius 1 is 1.16 bits per heavy atom. The molecule has 38 heavy (non-hydrogen) atoms. The number of benzene rings is 2. The van der Waals surface area contributed by atoms with Crippen molar-refractivity contribution in [2.75, 3.05) is 38.1 Å². The van der Waals surface area contributed by atoms with Crippen LogP contribution in [0.2, 0.25) is 0 Å². The number of carbonyl (C=O) groups excluding carboxylic acids is 1. The average Bonchev–Trinajstić information content (AvgIpc) is 2.96. The molecule has 2 heterocycles. The van der Waals surface area contributed by atoms with Crippen LogP contribution in [0.3, 0.4) is 0 Å². The Morgan fingerprint density at radius 3 is 2.68 bits per heavy atom. The standard InChI is InChI=1S/C31H39FN4O2/c1-3-31(37)36(28-11-7-17-34-23-28)27-15-20-35(21-16-27)19-14-24-8-4-5-12-29(24)38-30(13-18-33-2)25-9-6-10-26(32)22-25/h4-12,17,22-23,27,30,33H,3,13-16,18-21H2,1-2H3. The highest BCUT2D eigenvalue weighted by Gasteiger charge is 2.28. The summed E-state index contributed by atoms with van der Waals surface area (Å²) < 4.78 is 20.4. The van der Waals surface area contributed by atoms with Crippen LogP contribution in [0, 0.1) is 5.82 Å². The van der Waals surface area contributed by atoms with E-state index in [0.717, 1.165) is 74.4 Å². The lowest BCUT2D eigenvalue weighted by Gasteiger charge is -2.38. The second kappa shape index (κ2) is 14.0. The number of hydrogen-bond donors (Lipinski definition) is 1. The molecule has 6 nitrogen and oxygen atoms in total. The van der Waals surface area contributed by atoms with E-state index in [2.05, 4.69) is 21.3 Å². The number of carbonyl (C=O) groups is 1. The molecule has 1 aliphatic heterocycles. The Morgan fingerprint density at radius 2 is 1.97 bits per heavy atom. The summed E-state index contributed by atoms with van der Waals surface area (Å²) in [5.74, 6) is 0.748. The fourth-order valence-corrected chi connectivity index (χ4v) is 5.16. The molecular formula is C31H39FN4O2. The Kier molecular flexibility index (Phi) is 10.2. The summed E-state index contributed by atoms with van der Waals surface area (Å²) in [4.78, 5) is 21.4. The second-order valence-corrected chi connectivity index (χ2v) is 9.81. The van der Waals surface area contributed by atoms with Gasteiger partial charge in [-0.25, -0.2) is 4.39 Å². The van der Waals surface area contributed by atoms with Crippen LogP contribution in [-0.2, 0) is 11.2 Å². The first kappa shape index (κ1) is 27.7. The number of amides is 1. The molecule has 1 fully saturated rings. The van der Waals surface area contributed by atoms with Crippen LogP contribution in [0.1, 0.15) is 49.8 Å². The quantitative estimate of drug-likeness (QED) is 0.348. The number of nitrogens with zero attached hydrogens (tertiary/aromatic N) is 3. The lowest BCUT2D eigenvalue weighted by molar-refractivity contribution is -0.119. The molecule has 202 valence electrons. The number of anilines is 1. The SMILES string of the molecule is CCC(=O)N(c1cccnc1)C1CCN(CCc2ccccc2OC(CCNC)c2cccc(F)c2)CC1. The Labute approximate surface area is 225 Å². The van der Waals surface area contributed by atoms with Crippen LogP contribution in [0.15, 0.2) is 73.1 Å². The van der Waals surface area contributed by atoms with Crippen molar-refractivity contribution in [1.82, 2.24) is 15.2 Å². The van der Waals surface area contributed by atoms with Crippen molar-refractivity contribution < 1.29 is 13.9 Å². The number of ether oxygens (including phenoxy) is 1. The van der Waals surface area contributed by atoms with Gasteiger partial charge in [-0.15, -0.1) is 0 Å². The predicted molar refractivity (Wildman–Crippen MR) is 150 cm³/mol. The van der Waals surface area contributed by atoms with Crippen LogP contribution in [0.25, 0.3) is 0 Å². The first-order chi connectivity index (χ1) is 18.6. The molecule has 1 amide bonds. The first-order valence-corrected chi connectivity index (χ1v) is 13.7. The molecule has 0 radical (unpaired) electrons. The highest BCUT2D eigenvalue weighted by Crippen LogP contribution is 2.29. The molecule has 1 unspecified atom stereocenters. The Hall–Kier alpha value is -3.29. The molecule has 1 aliphatic rings. The Bertz CT molecular complexity index is 1150. The van der Waals surface area contributed by atoms with Gasteiger partial charge in [0.05, 0.1) is 11.9 Å². The maximum absolute atomic E-state index is 13.9. The van der Waals surface area contributed by atoms with E-state index < -0.39 is 0 Å². The lowest BCUT2D eigenvalue weighted by Crippen LogP contribution is -2.48. The third-order valence-electron chi connectivity index (χ3n) is 7.23. The van der Waals surface area contributed by atoms with Crippen molar-refractivity contribution in [3.63, 3.8) is 0 Å². The molecule has 4 rings (SSSR count). The third-order valence-corrected chi connectivity index (χ3v) is 7.23. The number of nitrogens with one attached hydrogen (secondary N) is 1. The minimum atomic E-state index is -0.250. The van der Waals surface area contributed by atoms with Gasteiger partial charge in [-0.05, 0) is 74.3 Å². The van der Waals surface area contributed by atoms with Gasteiger partial charge in [0.1, 0.15) is 17.7 Å². The number of rotatable bonds is 12. The number of aromatic nitrogens is 1. The fourth-order valence-electron chi connectivity index (χ4n) is 5.16. The van der Waals surface area contributed by atoms with Crippen molar-refractivity contribution in [2.24, 2.45) is 0 Å². The summed E-state index contributed by atoms with van der Waals surface area (Å²) in [6.07, 6.45) is 7.25. The number of para-hydroxylation sites is 1. The van der Waals surface area contributed by atoms with E-state index in [1.165, 1.54) is 6.07 Å². The van der Waals surface area contributed by atoms with Crippen molar-refractivity contribution in [3.05, 3.63) is 90.0 Å². The third kappa shape index (κ3) is 7.39. The Balaban J connectivity index is 1.37. The first-order valence-electron chi connectivity index (χ1n) is 13.7. The molecule has 0 aliphatic carbocycles. The van der Waals surface area contributed by atoms with E-state index in [-0.39, 0.29) is 23.9 Å². The van der Waals surface area contributed by atoms with E-state index in [9.17, 15) is 9.18 Å². The van der Waals surface area contributed by atoms with Crippen molar-refractivity contribution in [2.45, 2.75) is 51.2 Å². The summed E-state index contributed by atoms with van der Waals surface area (Å²) in [6.45, 7) is 5.49. The summed E-state index contributed by atoms with van der Waals surface area (Å²) in [5.41, 5.74) is 2.88. The van der Waals surface area contributed by atoms with Gasteiger partial charge < -0.3 is 19.9 Å². The van der Waals surface area contributed by atoms with Gasteiger partial charge in [-0.2, -0.15) is 0 Å². The van der Waals surface area contributed by atoms with E-state index >= 15 is 0 Å². The molecule has 1 atom stereocenters. The van der Waals surface area contributed by atoms with Crippen molar-refractivity contribution in [3.8, 4) is 5.75 Å². The molecule has 1 N–H and O–H groups in total. The molecule has 7 heteroatoms. The number of halogens is 1. The second-order valence-electron chi connectivity index (χ2n) is 9.81. The smallest absolute Gasteiger partial charge is 0.227 e. The van der Waals surface area contributed by atoms with Crippen molar-refractivity contribution >= 4 is 11.6 Å². The van der Waals surface area contributed by atoms with Crippen LogP contribution in [0.4, 0.5) is 10.1 Å². The van der Waals surface area contributed by atoms with Crippen LogP contribution in [0.5, 0.6) is 5.75 Å². The zero-order valence-corrected chi connectivity index (χ0v) is 22.5. The molecule has 0 bridgehead atoms. The van der Waals surface area contributed by atoms with Crippen LogP contribution < -0.4 is 15.0 Å². The highest BCUT2D eigenvalue weighted by atomic mass is 19.1. The fraction of sp³-hybridized carbons (Fsp3) is 0.419. The normalized spacial score (nSPS) is 15.2. The molecule has 0 spiro atoms. The highest BCUT2D eigenvalue weighted by molar-refractivity contribution is 5.93. The van der Waals surface area contributed by atoms with Gasteiger partial charge in [0.2, 0.25) is 5.91 Å². The maximum Gasteiger partial charge on any atom is 0.227 e. The van der Waals surface area contributed by atoms with Crippen LogP contribution >= 0.6 is 0 Å². The largest absolute Gasteiger partial charge is 0.485 e. The van der Waals surface area contributed by atoms with Gasteiger partial charge >= 0.3 is 0 Å². The number of likely N-dealkylation sites (tertiary alicyclic amines) is 1. The average molecular weight is 519 g/mol. The number of hydrogen-bond acceptors (Lipinski definition) is 5. The van der Waals surface area contributed by atoms with Crippen molar-refractivity contribution in [1.29, 1.82) is 0 Å². The molecule has 2 aromatic carbocycles. The predicted octanol–water partition coefficient (Wildman–Crippen LogP) is 5.40. The minimum absolute atomic E-state index is 0.147. The molecule has 1 saturated heterocycles. The topological polar surface area (TPSA) is 57.7 Å². The minimum Gasteiger partial charge on any atom is -0.485 e. The maximum atomic E-state index is 13.9. The number of pyridine rings is 1. The van der Waals surface area contributed by atoms with E-state index in [0.29, 0.717) is 6.42 Å². The zero-order chi connectivity index (χ0) is 26.7. The summed E-state index contributed by atoms with van der Waals surface area (Å²) in [5, 5.41) is 3.18. The van der Waals surface area contributed by atoms with Gasteiger partial charge in [0.15, 0.2) is 0 Å². The summed E-state index contributed by atoms with van der Waals surface area (Å²) in [7, 11) is 1.91. The number of piperidine rings is 1. The van der Waals surface area contributed by atoms with E-state index in [1.807, 2.05) is 55.3 Å². The van der Waals surface area contributed by atoms with Crippen LogP contribution in [-0.4, -0.2) is 55.1 Å². The molecule has 0 saturated carbocycles. The van der Waals surface area contributed by atoms with Gasteiger partial charge in [-0.3, -0.25) is 9.78 Å². The summed E-state index contributed by atoms with van der Waals surface area (Å²) in [6, 6.07) is 18.9. The zero-order valence-electron chi connectivity index (χ0n) is 22.5. The molecule has 1 aromatic heterocycles.